The summed E-state index contributed by atoms with van der Waals surface area (Å²) in [5.41, 5.74) is 0. The lowest BCUT2D eigenvalue weighted by Crippen LogP contribution is -2.60. The molecule has 0 aromatic carbocycles. The Hall–Kier alpha value is -2.05. The highest BCUT2D eigenvalue weighted by molar-refractivity contribution is 5.73. The molecule has 1 fully saturated rings. The number of rotatable bonds is 36. The van der Waals surface area contributed by atoms with E-state index >= 15 is 0 Å². The molecule has 0 aromatic rings. The molecule has 4 N–H and O–H groups in total. The van der Waals surface area contributed by atoms with Crippen molar-refractivity contribution in [3.05, 3.63) is 12.2 Å². The van der Waals surface area contributed by atoms with Gasteiger partial charge in [-0.3, -0.25) is 9.59 Å². The number of aliphatic carboxylic acids is 1. The van der Waals surface area contributed by atoms with Crippen molar-refractivity contribution in [2.45, 2.75) is 230 Å². The van der Waals surface area contributed by atoms with Gasteiger partial charge in [0.2, 0.25) is 0 Å². The summed E-state index contributed by atoms with van der Waals surface area (Å²) in [6, 6.07) is 0. The summed E-state index contributed by atoms with van der Waals surface area (Å²) in [5, 5.41) is 39.7. The highest BCUT2D eigenvalue weighted by atomic mass is 16.7. The zero-order valence-corrected chi connectivity index (χ0v) is 34.0. The normalized spacial score (nSPS) is 20.6. The van der Waals surface area contributed by atoms with Crippen molar-refractivity contribution in [1.82, 2.24) is 0 Å². The van der Waals surface area contributed by atoms with E-state index in [9.17, 15) is 34.8 Å². The largest absolute Gasteiger partial charge is 0.479 e. The van der Waals surface area contributed by atoms with Gasteiger partial charge in [-0.2, -0.15) is 0 Å². The number of allylic oxidation sites excluding steroid dienone is 2. The van der Waals surface area contributed by atoms with Crippen molar-refractivity contribution in [2.24, 2.45) is 0 Å². The number of hydrogen-bond acceptors (Lipinski definition) is 10. The van der Waals surface area contributed by atoms with Crippen LogP contribution in [-0.2, 0) is 33.3 Å². The minimum Gasteiger partial charge on any atom is -0.479 e. The molecule has 11 nitrogen and oxygen atoms in total. The summed E-state index contributed by atoms with van der Waals surface area (Å²) >= 11 is 0. The Morgan fingerprint density at radius 3 is 1.44 bits per heavy atom. The first-order valence-electron chi connectivity index (χ1n) is 21.7. The Morgan fingerprint density at radius 2 is 0.981 bits per heavy atom. The van der Waals surface area contributed by atoms with Crippen LogP contribution in [-0.4, -0.2) is 88.4 Å². The van der Waals surface area contributed by atoms with E-state index < -0.39 is 54.7 Å². The molecule has 1 aliphatic heterocycles. The van der Waals surface area contributed by atoms with E-state index in [1.807, 2.05) is 0 Å². The number of ether oxygens (including phenoxy) is 4. The van der Waals surface area contributed by atoms with Crippen LogP contribution in [0.3, 0.4) is 0 Å². The van der Waals surface area contributed by atoms with E-state index in [0.29, 0.717) is 12.8 Å². The van der Waals surface area contributed by atoms with Crippen LogP contribution in [0.1, 0.15) is 194 Å². The number of carboxylic acids is 1. The number of hydrogen-bond donors (Lipinski definition) is 4. The molecule has 0 aliphatic carbocycles. The molecule has 0 spiro atoms. The van der Waals surface area contributed by atoms with E-state index in [1.165, 1.54) is 96.3 Å². The summed E-state index contributed by atoms with van der Waals surface area (Å²) in [4.78, 5) is 36.7. The third-order valence-corrected chi connectivity index (χ3v) is 10.1. The van der Waals surface area contributed by atoms with Gasteiger partial charge in [0.25, 0.3) is 0 Å². The fourth-order valence-electron chi connectivity index (χ4n) is 6.64. The molecule has 0 saturated carbocycles. The maximum atomic E-state index is 12.7. The first-order chi connectivity index (χ1) is 26.2. The van der Waals surface area contributed by atoms with Crippen molar-refractivity contribution in [3.63, 3.8) is 0 Å². The van der Waals surface area contributed by atoms with Crippen molar-refractivity contribution < 1.29 is 53.8 Å². The van der Waals surface area contributed by atoms with Crippen molar-refractivity contribution in [1.29, 1.82) is 0 Å². The van der Waals surface area contributed by atoms with Crippen LogP contribution in [0, 0.1) is 0 Å². The Labute approximate surface area is 326 Å². The van der Waals surface area contributed by atoms with E-state index in [0.717, 1.165) is 57.8 Å². The molecule has 0 aromatic heterocycles. The molecule has 1 heterocycles. The summed E-state index contributed by atoms with van der Waals surface area (Å²) < 4.78 is 21.7. The predicted octanol–water partition coefficient (Wildman–Crippen LogP) is 8.87. The minimum atomic E-state index is -1.86. The van der Waals surface area contributed by atoms with E-state index in [-0.39, 0.29) is 26.1 Å². The second-order valence-electron chi connectivity index (χ2n) is 15.2. The van der Waals surface area contributed by atoms with E-state index in [1.54, 1.807) is 0 Å². The second-order valence-corrected chi connectivity index (χ2v) is 15.2. The number of carbonyl (C=O) groups excluding carboxylic acids is 2. The topological polar surface area (TPSA) is 169 Å². The Kier molecular flexibility index (Phi) is 31.7. The van der Waals surface area contributed by atoms with Gasteiger partial charge >= 0.3 is 17.9 Å². The number of carbonyl (C=O) groups is 3. The number of aliphatic hydroxyl groups excluding tert-OH is 3. The van der Waals surface area contributed by atoms with Crippen LogP contribution in [0.5, 0.6) is 0 Å². The first-order valence-corrected chi connectivity index (χ1v) is 21.7. The van der Waals surface area contributed by atoms with Gasteiger partial charge < -0.3 is 39.4 Å². The van der Waals surface area contributed by atoms with Gasteiger partial charge in [0.15, 0.2) is 18.5 Å². The van der Waals surface area contributed by atoms with Gasteiger partial charge in [-0.1, -0.05) is 154 Å². The maximum absolute atomic E-state index is 12.7. The zero-order valence-electron chi connectivity index (χ0n) is 34.0. The van der Waals surface area contributed by atoms with Crippen LogP contribution in [0.4, 0.5) is 0 Å². The molecular weight excluding hydrogens is 692 g/mol. The first kappa shape index (κ1) is 50.0. The molecular formula is C43H78O11. The summed E-state index contributed by atoms with van der Waals surface area (Å²) in [6.07, 6.45) is 25.5. The van der Waals surface area contributed by atoms with Crippen molar-refractivity contribution >= 4 is 17.9 Å². The summed E-state index contributed by atoms with van der Waals surface area (Å²) in [6.45, 7) is 3.80. The zero-order chi connectivity index (χ0) is 39.7. The maximum Gasteiger partial charge on any atom is 0.335 e. The lowest BCUT2D eigenvalue weighted by Gasteiger charge is -2.38. The SMILES string of the molecule is CCCCCCCC/C=C/CCCCCCCC(=O)OC[C@H](CO[C@H]1O[C@H](C(=O)O)[C@@H](O)[C@H](O)[C@H]1O)OC(=O)CCCCCCCCCCCCCCC. The summed E-state index contributed by atoms with van der Waals surface area (Å²) in [5.74, 6) is -2.44. The molecule has 1 aliphatic rings. The highest BCUT2D eigenvalue weighted by Gasteiger charge is 2.47. The molecule has 0 unspecified atom stereocenters. The van der Waals surface area contributed by atoms with Gasteiger partial charge in [-0.25, -0.2) is 4.79 Å². The fraction of sp³-hybridized carbons (Fsp3) is 0.884. The molecule has 11 heteroatoms. The van der Waals surface area contributed by atoms with Crippen LogP contribution in [0.2, 0.25) is 0 Å². The smallest absolute Gasteiger partial charge is 0.335 e. The predicted molar refractivity (Wildman–Crippen MR) is 211 cm³/mol. The number of aliphatic hydroxyl groups is 3. The molecule has 1 rings (SSSR count). The van der Waals surface area contributed by atoms with Crippen molar-refractivity contribution in [2.75, 3.05) is 13.2 Å². The number of esters is 2. The van der Waals surface area contributed by atoms with Gasteiger partial charge in [-0.15, -0.1) is 0 Å². The quantitative estimate of drug-likeness (QED) is 0.0273. The standard InChI is InChI=1S/C43H78O11/c1-3-5-7-9-11-13-15-17-18-20-21-23-25-27-29-31-36(44)51-33-35(34-52-43-40(48)38(46)39(47)41(54-43)42(49)50)53-37(45)32-30-28-26-24-22-19-16-14-12-10-8-6-4-2/h17-18,35,38-41,43,46-48H,3-16,19-34H2,1-2H3,(H,49,50)/b18-17+/t35-,38+,39+,40-,41+,43+/m1/s1. The Morgan fingerprint density at radius 1 is 0.556 bits per heavy atom. The molecule has 0 amide bonds. The van der Waals surface area contributed by atoms with Crippen LogP contribution in [0.15, 0.2) is 12.2 Å². The van der Waals surface area contributed by atoms with Crippen LogP contribution < -0.4 is 0 Å². The Balaban J connectivity index is 2.39. The lowest BCUT2D eigenvalue weighted by atomic mass is 9.99. The molecule has 6 atom stereocenters. The number of carboxylic acid groups (broad SMARTS) is 1. The summed E-state index contributed by atoms with van der Waals surface area (Å²) in [7, 11) is 0. The third kappa shape index (κ3) is 25.9. The van der Waals surface area contributed by atoms with Crippen molar-refractivity contribution in [3.8, 4) is 0 Å². The number of unbranched alkanes of at least 4 members (excludes halogenated alkanes) is 23. The molecule has 316 valence electrons. The average Bonchev–Trinajstić information content (AvgIpc) is 3.15. The third-order valence-electron chi connectivity index (χ3n) is 10.1. The van der Waals surface area contributed by atoms with Gasteiger partial charge in [-0.05, 0) is 38.5 Å². The lowest BCUT2D eigenvalue weighted by molar-refractivity contribution is -0.298. The highest BCUT2D eigenvalue weighted by Crippen LogP contribution is 2.23. The second kappa shape index (κ2) is 34.2. The Bertz CT molecular complexity index is 958. The van der Waals surface area contributed by atoms with E-state index in [2.05, 4.69) is 26.0 Å². The van der Waals surface area contributed by atoms with Crippen LogP contribution >= 0.6 is 0 Å². The molecule has 54 heavy (non-hydrogen) atoms. The monoisotopic (exact) mass is 771 g/mol. The van der Waals surface area contributed by atoms with Gasteiger partial charge in [0.05, 0.1) is 6.61 Å². The molecule has 0 bridgehead atoms. The fourth-order valence-corrected chi connectivity index (χ4v) is 6.64. The minimum absolute atomic E-state index is 0.186. The molecule has 0 radical (unpaired) electrons. The average molecular weight is 771 g/mol. The van der Waals surface area contributed by atoms with Gasteiger partial charge in [0.1, 0.15) is 24.9 Å². The van der Waals surface area contributed by atoms with E-state index in [4.69, 9.17) is 18.9 Å². The van der Waals surface area contributed by atoms with Crippen LogP contribution in [0.25, 0.3) is 0 Å². The molecule has 1 saturated heterocycles. The van der Waals surface area contributed by atoms with Gasteiger partial charge in [0, 0.05) is 12.8 Å².